The molecule has 0 amide bonds. The second-order valence-corrected chi connectivity index (χ2v) is 5.09. The van der Waals surface area contributed by atoms with Gasteiger partial charge in [-0.15, -0.1) is 0 Å². The third kappa shape index (κ3) is 3.25. The van der Waals surface area contributed by atoms with Crippen molar-refractivity contribution >= 4 is 0 Å². The maximum atomic E-state index is 12.7. The van der Waals surface area contributed by atoms with Crippen molar-refractivity contribution in [1.29, 1.82) is 0 Å². The molecule has 0 aliphatic heterocycles. The Bertz CT molecular complexity index is 400. The number of halogens is 3. The molecule has 0 bridgehead atoms. The largest absolute Gasteiger partial charge is 0.416 e. The molecule has 1 aliphatic carbocycles. The summed E-state index contributed by atoms with van der Waals surface area (Å²) >= 11 is 0. The van der Waals surface area contributed by atoms with Gasteiger partial charge in [0.1, 0.15) is 0 Å². The molecule has 0 radical (unpaired) electrons. The fourth-order valence-corrected chi connectivity index (χ4v) is 2.63. The standard InChI is InChI=1S/C14H18F3N/c15-14(16,17)12-5-1-4-11(9-12)10-3-2-6-13(18)8-7-10/h1,4-5,9-10,13H,2-3,6-8,18H2. The Morgan fingerprint density at radius 2 is 1.83 bits per heavy atom. The normalized spacial score (nSPS) is 25.8. The molecule has 18 heavy (non-hydrogen) atoms. The van der Waals surface area contributed by atoms with E-state index in [4.69, 9.17) is 5.73 Å². The molecule has 0 heterocycles. The van der Waals surface area contributed by atoms with Crippen LogP contribution in [0.3, 0.4) is 0 Å². The lowest BCUT2D eigenvalue weighted by molar-refractivity contribution is -0.137. The maximum absolute atomic E-state index is 12.7. The SMILES string of the molecule is NC1CCCC(c2cccc(C(F)(F)F)c2)CC1. The summed E-state index contributed by atoms with van der Waals surface area (Å²) in [5, 5.41) is 0. The summed E-state index contributed by atoms with van der Waals surface area (Å²) in [7, 11) is 0. The van der Waals surface area contributed by atoms with E-state index in [1.165, 1.54) is 12.1 Å². The first kappa shape index (κ1) is 13.4. The lowest BCUT2D eigenvalue weighted by Gasteiger charge is -2.16. The van der Waals surface area contributed by atoms with Crippen LogP contribution in [-0.2, 0) is 6.18 Å². The van der Waals surface area contributed by atoms with Gasteiger partial charge in [-0.25, -0.2) is 0 Å². The molecular weight excluding hydrogens is 239 g/mol. The van der Waals surface area contributed by atoms with E-state index in [0.717, 1.165) is 43.7 Å². The van der Waals surface area contributed by atoms with Crippen LogP contribution >= 0.6 is 0 Å². The number of nitrogens with two attached hydrogens (primary N) is 1. The molecule has 2 unspecified atom stereocenters. The van der Waals surface area contributed by atoms with Gasteiger partial charge < -0.3 is 5.73 Å². The first-order valence-corrected chi connectivity index (χ1v) is 6.39. The molecule has 1 saturated carbocycles. The van der Waals surface area contributed by atoms with Crippen molar-refractivity contribution in [1.82, 2.24) is 0 Å². The Labute approximate surface area is 105 Å². The van der Waals surface area contributed by atoms with Crippen LogP contribution in [0.4, 0.5) is 13.2 Å². The van der Waals surface area contributed by atoms with Crippen LogP contribution in [0.25, 0.3) is 0 Å². The van der Waals surface area contributed by atoms with Gasteiger partial charge >= 0.3 is 6.18 Å². The summed E-state index contributed by atoms with van der Waals surface area (Å²) < 4.78 is 38.0. The van der Waals surface area contributed by atoms with E-state index in [1.54, 1.807) is 6.07 Å². The summed E-state index contributed by atoms with van der Waals surface area (Å²) in [6, 6.07) is 5.94. The van der Waals surface area contributed by atoms with Crippen LogP contribution in [0.15, 0.2) is 24.3 Å². The fraction of sp³-hybridized carbons (Fsp3) is 0.571. The minimum absolute atomic E-state index is 0.209. The number of hydrogen-bond acceptors (Lipinski definition) is 1. The van der Waals surface area contributed by atoms with E-state index in [2.05, 4.69) is 0 Å². The van der Waals surface area contributed by atoms with Crippen molar-refractivity contribution in [2.75, 3.05) is 0 Å². The number of benzene rings is 1. The summed E-state index contributed by atoms with van der Waals surface area (Å²) in [6.07, 6.45) is 0.465. The van der Waals surface area contributed by atoms with Gasteiger partial charge in [0, 0.05) is 6.04 Å². The first-order valence-electron chi connectivity index (χ1n) is 6.39. The van der Waals surface area contributed by atoms with Crippen molar-refractivity contribution in [3.63, 3.8) is 0 Å². The molecule has 2 atom stereocenters. The van der Waals surface area contributed by atoms with Crippen molar-refractivity contribution in [2.24, 2.45) is 5.73 Å². The van der Waals surface area contributed by atoms with Crippen LogP contribution < -0.4 is 5.73 Å². The molecule has 1 aromatic rings. The Morgan fingerprint density at radius 1 is 1.06 bits per heavy atom. The van der Waals surface area contributed by atoms with Gasteiger partial charge in [-0.2, -0.15) is 13.2 Å². The third-order valence-corrected chi connectivity index (χ3v) is 3.70. The zero-order valence-corrected chi connectivity index (χ0v) is 10.2. The molecule has 2 N–H and O–H groups in total. The molecule has 0 spiro atoms. The Hall–Kier alpha value is -1.03. The van der Waals surface area contributed by atoms with Crippen LogP contribution in [-0.4, -0.2) is 6.04 Å². The molecular formula is C14H18F3N. The van der Waals surface area contributed by atoms with Crippen LogP contribution in [0.5, 0.6) is 0 Å². The minimum Gasteiger partial charge on any atom is -0.328 e. The first-order chi connectivity index (χ1) is 8.47. The highest BCUT2D eigenvalue weighted by Gasteiger charge is 2.31. The monoisotopic (exact) mass is 257 g/mol. The summed E-state index contributed by atoms with van der Waals surface area (Å²) in [5.41, 5.74) is 6.15. The highest BCUT2D eigenvalue weighted by atomic mass is 19.4. The molecule has 4 heteroatoms. The van der Waals surface area contributed by atoms with Crippen molar-refractivity contribution in [3.8, 4) is 0 Å². The van der Waals surface area contributed by atoms with E-state index in [1.807, 2.05) is 0 Å². The number of rotatable bonds is 1. The van der Waals surface area contributed by atoms with Gasteiger partial charge in [0.15, 0.2) is 0 Å². The summed E-state index contributed by atoms with van der Waals surface area (Å²) in [4.78, 5) is 0. The van der Waals surface area contributed by atoms with Crippen molar-refractivity contribution in [3.05, 3.63) is 35.4 Å². The van der Waals surface area contributed by atoms with E-state index in [-0.39, 0.29) is 12.0 Å². The highest BCUT2D eigenvalue weighted by Crippen LogP contribution is 2.35. The smallest absolute Gasteiger partial charge is 0.328 e. The average Bonchev–Trinajstić information content (AvgIpc) is 2.53. The van der Waals surface area contributed by atoms with Crippen LogP contribution in [0.1, 0.15) is 49.1 Å². The van der Waals surface area contributed by atoms with Crippen molar-refractivity contribution < 1.29 is 13.2 Å². The number of hydrogen-bond donors (Lipinski definition) is 1. The van der Waals surface area contributed by atoms with Gasteiger partial charge in [0.25, 0.3) is 0 Å². The Morgan fingerprint density at radius 3 is 2.56 bits per heavy atom. The molecule has 1 aromatic carbocycles. The summed E-state index contributed by atoms with van der Waals surface area (Å²) in [5.74, 6) is 0.223. The Balaban J connectivity index is 2.17. The van der Waals surface area contributed by atoms with Gasteiger partial charge in [-0.1, -0.05) is 24.6 Å². The lowest BCUT2D eigenvalue weighted by atomic mass is 9.90. The molecule has 1 fully saturated rings. The Kier molecular flexibility index (Phi) is 3.95. The average molecular weight is 257 g/mol. The maximum Gasteiger partial charge on any atom is 0.416 e. The van der Waals surface area contributed by atoms with E-state index < -0.39 is 11.7 Å². The van der Waals surface area contributed by atoms with E-state index >= 15 is 0 Å². The molecule has 0 aromatic heterocycles. The number of alkyl halides is 3. The second kappa shape index (κ2) is 5.31. The quantitative estimate of drug-likeness (QED) is 0.754. The van der Waals surface area contributed by atoms with Crippen LogP contribution in [0.2, 0.25) is 0 Å². The third-order valence-electron chi connectivity index (χ3n) is 3.70. The lowest BCUT2D eigenvalue weighted by Crippen LogP contribution is -2.17. The molecule has 0 saturated heterocycles. The fourth-order valence-electron chi connectivity index (χ4n) is 2.63. The van der Waals surface area contributed by atoms with Crippen LogP contribution in [0, 0.1) is 0 Å². The zero-order chi connectivity index (χ0) is 13.2. The second-order valence-electron chi connectivity index (χ2n) is 5.09. The molecule has 1 aliphatic rings. The van der Waals surface area contributed by atoms with Gasteiger partial charge in [0.05, 0.1) is 5.56 Å². The van der Waals surface area contributed by atoms with Gasteiger partial charge in [0.2, 0.25) is 0 Å². The minimum atomic E-state index is -4.25. The van der Waals surface area contributed by atoms with E-state index in [9.17, 15) is 13.2 Å². The van der Waals surface area contributed by atoms with Crippen molar-refractivity contribution in [2.45, 2.75) is 50.2 Å². The predicted molar refractivity (Wildman–Crippen MR) is 65.2 cm³/mol. The molecule has 2 rings (SSSR count). The van der Waals surface area contributed by atoms with E-state index in [0.29, 0.717) is 0 Å². The topological polar surface area (TPSA) is 26.0 Å². The van der Waals surface area contributed by atoms with Gasteiger partial charge in [-0.3, -0.25) is 0 Å². The predicted octanol–water partition coefficient (Wildman–Crippen LogP) is 4.08. The van der Waals surface area contributed by atoms with Gasteiger partial charge in [-0.05, 0) is 43.2 Å². The molecule has 1 nitrogen and oxygen atoms in total. The summed E-state index contributed by atoms with van der Waals surface area (Å²) in [6.45, 7) is 0. The highest BCUT2D eigenvalue weighted by molar-refractivity contribution is 5.28. The zero-order valence-electron chi connectivity index (χ0n) is 10.2. The molecule has 100 valence electrons.